The highest BCUT2D eigenvalue weighted by Gasteiger charge is 2.10. The largest absolute Gasteiger partial charge is 0.369 e. The van der Waals surface area contributed by atoms with E-state index in [2.05, 4.69) is 31.3 Å². The molecule has 1 N–H and O–H groups in total. The van der Waals surface area contributed by atoms with Crippen LogP contribution in [0.15, 0.2) is 61.3 Å². The molecule has 1 aromatic carbocycles. The first-order valence-electron chi connectivity index (χ1n) is 8.67. The number of anilines is 1. The molecule has 4 rings (SSSR count). The summed E-state index contributed by atoms with van der Waals surface area (Å²) in [6.07, 6.45) is 8.68. The number of aromatic nitrogens is 5. The van der Waals surface area contributed by atoms with Crippen LogP contribution in [0.5, 0.6) is 0 Å². The fourth-order valence-electron chi connectivity index (χ4n) is 2.87. The summed E-state index contributed by atoms with van der Waals surface area (Å²) in [5.74, 6) is 1.02. The van der Waals surface area contributed by atoms with Gasteiger partial charge >= 0.3 is 0 Å². The minimum atomic E-state index is 0.423. The number of hydrogen-bond donors (Lipinski definition) is 1. The second-order valence-corrected chi connectivity index (χ2v) is 6.03. The maximum absolute atomic E-state index is 9.35. The summed E-state index contributed by atoms with van der Waals surface area (Å²) in [6, 6.07) is 13.9. The van der Waals surface area contributed by atoms with Crippen molar-refractivity contribution in [2.75, 3.05) is 11.9 Å². The van der Waals surface area contributed by atoms with Gasteiger partial charge in [-0.05, 0) is 42.7 Å². The topological polar surface area (TPSA) is 92.3 Å². The standard InChI is InChI=1S/C20H17N7/c21-12-16-13-24-20(27-14-25-17-5-1-2-6-18(17)27)26-19(16)23-9-3-4-15-7-10-22-11-8-15/h1-2,5-8,10-11,13-14H,3-4,9H2,(H,23,24,26). The molecule has 4 aromatic rings. The molecule has 0 amide bonds. The predicted octanol–water partition coefficient (Wildman–Crippen LogP) is 3.13. The lowest BCUT2D eigenvalue weighted by Gasteiger charge is -2.09. The Balaban J connectivity index is 1.52. The average molecular weight is 355 g/mol. The fourth-order valence-corrected chi connectivity index (χ4v) is 2.87. The summed E-state index contributed by atoms with van der Waals surface area (Å²) in [6.45, 7) is 0.706. The summed E-state index contributed by atoms with van der Waals surface area (Å²) < 4.78 is 1.82. The highest BCUT2D eigenvalue weighted by atomic mass is 15.2. The monoisotopic (exact) mass is 355 g/mol. The number of benzene rings is 1. The van der Waals surface area contributed by atoms with Gasteiger partial charge in [0.1, 0.15) is 23.8 Å². The van der Waals surface area contributed by atoms with Crippen molar-refractivity contribution >= 4 is 16.9 Å². The van der Waals surface area contributed by atoms with Crippen LogP contribution in [0, 0.1) is 11.3 Å². The normalized spacial score (nSPS) is 10.6. The molecule has 0 fully saturated rings. The van der Waals surface area contributed by atoms with Crippen LogP contribution >= 0.6 is 0 Å². The van der Waals surface area contributed by atoms with Gasteiger partial charge in [-0.2, -0.15) is 10.2 Å². The first kappa shape index (κ1) is 16.7. The SMILES string of the molecule is N#Cc1cnc(-n2cnc3ccccc32)nc1NCCCc1ccncc1. The maximum atomic E-state index is 9.35. The maximum Gasteiger partial charge on any atom is 0.237 e. The van der Waals surface area contributed by atoms with Gasteiger partial charge in [-0.1, -0.05) is 12.1 Å². The Morgan fingerprint density at radius 2 is 1.93 bits per heavy atom. The quantitative estimate of drug-likeness (QED) is 0.534. The molecule has 0 atom stereocenters. The zero-order valence-corrected chi connectivity index (χ0v) is 14.6. The van der Waals surface area contributed by atoms with Crippen molar-refractivity contribution in [3.8, 4) is 12.0 Å². The Morgan fingerprint density at radius 3 is 2.78 bits per heavy atom. The highest BCUT2D eigenvalue weighted by Crippen LogP contribution is 2.18. The van der Waals surface area contributed by atoms with E-state index < -0.39 is 0 Å². The number of imidazole rings is 1. The number of pyridine rings is 1. The van der Waals surface area contributed by atoms with E-state index in [1.165, 1.54) is 5.56 Å². The number of rotatable bonds is 6. The third-order valence-corrected chi connectivity index (χ3v) is 4.25. The lowest BCUT2D eigenvalue weighted by Crippen LogP contribution is -2.09. The van der Waals surface area contributed by atoms with Crippen LogP contribution in [0.1, 0.15) is 17.5 Å². The van der Waals surface area contributed by atoms with Crippen molar-refractivity contribution in [3.63, 3.8) is 0 Å². The molecule has 0 radical (unpaired) electrons. The van der Waals surface area contributed by atoms with E-state index >= 15 is 0 Å². The molecule has 0 aliphatic rings. The lowest BCUT2D eigenvalue weighted by atomic mass is 10.1. The van der Waals surface area contributed by atoms with Gasteiger partial charge in [0.2, 0.25) is 5.95 Å². The second kappa shape index (κ2) is 7.62. The Kier molecular flexibility index (Phi) is 4.70. The lowest BCUT2D eigenvalue weighted by molar-refractivity contribution is 0.851. The zero-order chi connectivity index (χ0) is 18.5. The van der Waals surface area contributed by atoms with Crippen LogP contribution in [0.2, 0.25) is 0 Å². The van der Waals surface area contributed by atoms with Gasteiger partial charge in [0.25, 0.3) is 0 Å². The molecule has 3 aromatic heterocycles. The van der Waals surface area contributed by atoms with Gasteiger partial charge in [0.05, 0.1) is 17.2 Å². The molecule has 7 nitrogen and oxygen atoms in total. The molecule has 0 saturated heterocycles. The second-order valence-electron chi connectivity index (χ2n) is 6.03. The van der Waals surface area contributed by atoms with Gasteiger partial charge in [-0.15, -0.1) is 0 Å². The van der Waals surface area contributed by atoms with E-state index in [9.17, 15) is 5.26 Å². The van der Waals surface area contributed by atoms with Gasteiger partial charge < -0.3 is 5.32 Å². The van der Waals surface area contributed by atoms with Gasteiger partial charge in [-0.3, -0.25) is 9.55 Å². The van der Waals surface area contributed by atoms with Crippen molar-refractivity contribution in [1.82, 2.24) is 24.5 Å². The van der Waals surface area contributed by atoms with Crippen molar-refractivity contribution in [1.29, 1.82) is 5.26 Å². The van der Waals surface area contributed by atoms with Gasteiger partial charge in [0.15, 0.2) is 0 Å². The molecular weight excluding hydrogens is 338 g/mol. The van der Waals surface area contributed by atoms with Crippen LogP contribution in [0.4, 0.5) is 5.82 Å². The van der Waals surface area contributed by atoms with Crippen molar-refractivity contribution in [2.45, 2.75) is 12.8 Å². The predicted molar refractivity (Wildman–Crippen MR) is 102 cm³/mol. The molecule has 0 unspecified atom stereocenters. The molecule has 27 heavy (non-hydrogen) atoms. The summed E-state index contributed by atoms with van der Waals surface area (Å²) in [5.41, 5.74) is 3.45. The van der Waals surface area contributed by atoms with E-state index in [1.54, 1.807) is 24.9 Å². The summed E-state index contributed by atoms with van der Waals surface area (Å²) in [4.78, 5) is 17.3. The number of hydrogen-bond acceptors (Lipinski definition) is 6. The van der Waals surface area contributed by atoms with Crippen LogP contribution < -0.4 is 5.32 Å². The van der Waals surface area contributed by atoms with Crippen molar-refractivity contribution < 1.29 is 0 Å². The Labute approximate surface area is 156 Å². The van der Waals surface area contributed by atoms with E-state index in [0.717, 1.165) is 23.9 Å². The Bertz CT molecular complexity index is 1100. The van der Waals surface area contributed by atoms with Crippen molar-refractivity contribution in [3.05, 3.63) is 72.4 Å². The minimum absolute atomic E-state index is 0.423. The van der Waals surface area contributed by atoms with Gasteiger partial charge in [0, 0.05) is 18.9 Å². The first-order valence-corrected chi connectivity index (χ1v) is 8.67. The van der Waals surface area contributed by atoms with Crippen molar-refractivity contribution in [2.24, 2.45) is 0 Å². The first-order chi connectivity index (χ1) is 13.3. The number of para-hydroxylation sites is 2. The minimum Gasteiger partial charge on any atom is -0.369 e. The van der Waals surface area contributed by atoms with Crippen LogP contribution in [0.3, 0.4) is 0 Å². The summed E-state index contributed by atoms with van der Waals surface area (Å²) >= 11 is 0. The van der Waals surface area contributed by atoms with Gasteiger partial charge in [-0.25, -0.2) is 9.97 Å². The summed E-state index contributed by atoms with van der Waals surface area (Å²) in [7, 11) is 0. The Morgan fingerprint density at radius 1 is 1.07 bits per heavy atom. The zero-order valence-electron chi connectivity index (χ0n) is 14.6. The van der Waals surface area contributed by atoms with Crippen LogP contribution in [-0.4, -0.2) is 31.0 Å². The average Bonchev–Trinajstić information content (AvgIpc) is 3.16. The molecule has 7 heteroatoms. The number of nitrogens with one attached hydrogen (secondary N) is 1. The number of nitrogens with zero attached hydrogens (tertiary/aromatic N) is 6. The number of nitriles is 1. The smallest absolute Gasteiger partial charge is 0.237 e. The van der Waals surface area contributed by atoms with Crippen LogP contribution in [0.25, 0.3) is 17.0 Å². The molecule has 3 heterocycles. The molecule has 0 saturated carbocycles. The van der Waals surface area contributed by atoms with E-state index in [0.29, 0.717) is 23.9 Å². The third-order valence-electron chi connectivity index (χ3n) is 4.25. The fraction of sp³-hybridized carbons (Fsp3) is 0.150. The summed E-state index contributed by atoms with van der Waals surface area (Å²) in [5, 5.41) is 12.6. The molecule has 0 spiro atoms. The molecule has 132 valence electrons. The number of aryl methyl sites for hydroxylation is 1. The molecule has 0 aliphatic heterocycles. The highest BCUT2D eigenvalue weighted by molar-refractivity contribution is 5.76. The van der Waals surface area contributed by atoms with E-state index in [1.807, 2.05) is 41.0 Å². The third kappa shape index (κ3) is 3.60. The Hall–Kier alpha value is -3.79. The van der Waals surface area contributed by atoms with E-state index in [4.69, 9.17) is 0 Å². The molecule has 0 aliphatic carbocycles. The number of fused-ring (bicyclic) bond motifs is 1. The van der Waals surface area contributed by atoms with Crippen LogP contribution in [-0.2, 0) is 6.42 Å². The molecule has 0 bridgehead atoms. The van der Waals surface area contributed by atoms with E-state index in [-0.39, 0.29) is 0 Å². The molecular formula is C20H17N7.